The molecule has 0 radical (unpaired) electrons. The molecule has 6 nitrogen and oxygen atoms in total. The second kappa shape index (κ2) is 7.73. The van der Waals surface area contributed by atoms with Crippen molar-refractivity contribution < 1.29 is 4.79 Å². The van der Waals surface area contributed by atoms with E-state index in [4.69, 9.17) is 0 Å². The quantitative estimate of drug-likeness (QED) is 0.395. The maximum absolute atomic E-state index is 12.7. The fraction of sp³-hybridized carbons (Fsp3) is 0.200. The summed E-state index contributed by atoms with van der Waals surface area (Å²) in [6.45, 7) is 4.19. The van der Waals surface area contributed by atoms with Crippen molar-refractivity contribution in [2.75, 3.05) is 5.32 Å². The van der Waals surface area contributed by atoms with Gasteiger partial charge in [-0.25, -0.2) is 9.97 Å². The summed E-state index contributed by atoms with van der Waals surface area (Å²) in [6, 6.07) is 15.0. The highest BCUT2D eigenvalue weighted by Gasteiger charge is 2.20. The van der Waals surface area contributed by atoms with E-state index in [-0.39, 0.29) is 11.5 Å². The van der Waals surface area contributed by atoms with E-state index in [1.165, 1.54) is 23.1 Å². The number of anilines is 1. The summed E-state index contributed by atoms with van der Waals surface area (Å²) in [6.07, 6.45) is 0. The Morgan fingerprint density at radius 2 is 1.86 bits per heavy atom. The molecule has 0 saturated heterocycles. The first-order valence-corrected chi connectivity index (χ1v) is 10.6. The monoisotopic (exact) mass is 410 g/mol. The summed E-state index contributed by atoms with van der Waals surface area (Å²) >= 11 is 2.71. The molecule has 8 heteroatoms. The predicted molar refractivity (Wildman–Crippen MR) is 115 cm³/mol. The maximum Gasteiger partial charge on any atom is 0.262 e. The minimum absolute atomic E-state index is 0.0885. The second-order valence-electron chi connectivity index (χ2n) is 6.20. The van der Waals surface area contributed by atoms with Crippen LogP contribution in [0.3, 0.4) is 0 Å². The smallest absolute Gasteiger partial charge is 0.262 e. The van der Waals surface area contributed by atoms with Crippen LogP contribution in [0.5, 0.6) is 0 Å². The number of nitrogens with zero attached hydrogens (tertiary/aromatic N) is 3. The Kier molecular flexibility index (Phi) is 5.15. The number of para-hydroxylation sites is 2. The number of thioether (sulfide) groups is 1. The molecule has 28 heavy (non-hydrogen) atoms. The van der Waals surface area contributed by atoms with Crippen molar-refractivity contribution in [3.8, 4) is 0 Å². The molecule has 1 unspecified atom stereocenters. The van der Waals surface area contributed by atoms with Crippen LogP contribution < -0.4 is 10.9 Å². The molecule has 0 aliphatic rings. The molecular formula is C20H18N4O2S2. The molecule has 0 spiro atoms. The zero-order valence-electron chi connectivity index (χ0n) is 15.4. The van der Waals surface area contributed by atoms with Crippen LogP contribution in [-0.2, 0) is 11.3 Å². The van der Waals surface area contributed by atoms with Gasteiger partial charge in [0.15, 0.2) is 10.3 Å². The Hall–Kier alpha value is -2.71. The standard InChI is InChI=1S/C20H18N4O2S2/c1-3-24-18(26)13-8-4-5-9-14(13)22-20(24)27-12(2)17(25)23-19-21-15-10-6-7-11-16(15)28-19/h4-12H,3H2,1-2H3,(H,21,23,25). The van der Waals surface area contributed by atoms with Crippen LogP contribution in [0.4, 0.5) is 5.13 Å². The number of carbonyl (C=O) groups excluding carboxylic acids is 1. The summed E-state index contributed by atoms with van der Waals surface area (Å²) < 4.78 is 2.63. The average molecular weight is 411 g/mol. The predicted octanol–water partition coefficient (Wildman–Crippen LogP) is 4.15. The molecule has 2 aromatic heterocycles. The molecule has 1 atom stereocenters. The lowest BCUT2D eigenvalue weighted by molar-refractivity contribution is -0.115. The average Bonchev–Trinajstić information content (AvgIpc) is 3.10. The van der Waals surface area contributed by atoms with Crippen molar-refractivity contribution in [2.24, 2.45) is 0 Å². The van der Waals surface area contributed by atoms with Crippen molar-refractivity contribution in [1.29, 1.82) is 0 Å². The lowest BCUT2D eigenvalue weighted by Gasteiger charge is -2.14. The highest BCUT2D eigenvalue weighted by Crippen LogP contribution is 2.27. The first kappa shape index (κ1) is 18.6. The Balaban J connectivity index is 1.58. The molecule has 2 aromatic carbocycles. The van der Waals surface area contributed by atoms with Gasteiger partial charge in [0.1, 0.15) is 0 Å². The third kappa shape index (κ3) is 3.53. The highest BCUT2D eigenvalue weighted by atomic mass is 32.2. The number of amides is 1. The van der Waals surface area contributed by atoms with E-state index < -0.39 is 5.25 Å². The fourth-order valence-corrected chi connectivity index (χ4v) is 4.70. The van der Waals surface area contributed by atoms with Gasteiger partial charge in [-0.05, 0) is 38.1 Å². The number of carbonyl (C=O) groups is 1. The largest absolute Gasteiger partial charge is 0.301 e. The van der Waals surface area contributed by atoms with E-state index in [1.54, 1.807) is 17.6 Å². The SMILES string of the molecule is CCn1c(SC(C)C(=O)Nc2nc3ccccc3s2)nc2ccccc2c1=O. The molecule has 142 valence electrons. The lowest BCUT2D eigenvalue weighted by Crippen LogP contribution is -2.26. The molecule has 1 amide bonds. The maximum atomic E-state index is 12.7. The number of hydrogen-bond acceptors (Lipinski definition) is 6. The van der Waals surface area contributed by atoms with Crippen molar-refractivity contribution in [2.45, 2.75) is 30.8 Å². The van der Waals surface area contributed by atoms with Gasteiger partial charge in [0.2, 0.25) is 5.91 Å². The van der Waals surface area contributed by atoms with Crippen molar-refractivity contribution >= 4 is 55.3 Å². The van der Waals surface area contributed by atoms with Gasteiger partial charge < -0.3 is 5.32 Å². The van der Waals surface area contributed by atoms with Crippen LogP contribution in [0.2, 0.25) is 0 Å². The molecule has 4 aromatic rings. The molecule has 0 aliphatic heterocycles. The van der Waals surface area contributed by atoms with Crippen LogP contribution in [-0.4, -0.2) is 25.7 Å². The number of aromatic nitrogens is 3. The summed E-state index contributed by atoms with van der Waals surface area (Å²) in [4.78, 5) is 34.4. The number of nitrogens with one attached hydrogen (secondary N) is 1. The zero-order valence-corrected chi connectivity index (χ0v) is 17.0. The Morgan fingerprint density at radius 1 is 1.14 bits per heavy atom. The summed E-state index contributed by atoms with van der Waals surface area (Å²) in [5.41, 5.74) is 1.41. The third-order valence-electron chi connectivity index (χ3n) is 4.32. The van der Waals surface area contributed by atoms with Gasteiger partial charge in [0, 0.05) is 6.54 Å². The van der Waals surface area contributed by atoms with Gasteiger partial charge in [-0.15, -0.1) is 0 Å². The van der Waals surface area contributed by atoms with Gasteiger partial charge in [0.25, 0.3) is 5.56 Å². The molecule has 1 N–H and O–H groups in total. The second-order valence-corrected chi connectivity index (χ2v) is 8.54. The van der Waals surface area contributed by atoms with Crippen molar-refractivity contribution in [3.05, 3.63) is 58.9 Å². The first-order chi connectivity index (χ1) is 13.6. The van der Waals surface area contributed by atoms with Gasteiger partial charge in [-0.3, -0.25) is 14.2 Å². The molecule has 0 saturated carbocycles. The van der Waals surface area contributed by atoms with E-state index >= 15 is 0 Å². The molecule has 4 rings (SSSR count). The van der Waals surface area contributed by atoms with Crippen LogP contribution in [0, 0.1) is 0 Å². The zero-order chi connectivity index (χ0) is 19.7. The Bertz CT molecular complexity index is 1200. The lowest BCUT2D eigenvalue weighted by atomic mass is 10.2. The number of thiazole rings is 1. The molecule has 2 heterocycles. The van der Waals surface area contributed by atoms with E-state index in [0.717, 1.165) is 10.2 Å². The van der Waals surface area contributed by atoms with E-state index in [1.807, 2.05) is 49.4 Å². The molecule has 0 fully saturated rings. The van der Waals surface area contributed by atoms with Crippen LogP contribution in [0.25, 0.3) is 21.1 Å². The molecule has 0 bridgehead atoms. The number of fused-ring (bicyclic) bond motifs is 2. The number of hydrogen-bond donors (Lipinski definition) is 1. The van der Waals surface area contributed by atoms with Crippen LogP contribution in [0.15, 0.2) is 58.5 Å². The minimum Gasteiger partial charge on any atom is -0.301 e. The van der Waals surface area contributed by atoms with Gasteiger partial charge in [-0.1, -0.05) is 47.4 Å². The van der Waals surface area contributed by atoms with Crippen molar-refractivity contribution in [3.63, 3.8) is 0 Å². The minimum atomic E-state index is -0.433. The third-order valence-corrected chi connectivity index (χ3v) is 6.36. The van der Waals surface area contributed by atoms with Gasteiger partial charge in [-0.2, -0.15) is 0 Å². The number of rotatable bonds is 5. The van der Waals surface area contributed by atoms with Crippen molar-refractivity contribution in [1.82, 2.24) is 14.5 Å². The Morgan fingerprint density at radius 3 is 2.61 bits per heavy atom. The number of benzene rings is 2. The van der Waals surface area contributed by atoms with E-state index in [9.17, 15) is 9.59 Å². The van der Waals surface area contributed by atoms with Crippen LogP contribution >= 0.6 is 23.1 Å². The molecular weight excluding hydrogens is 392 g/mol. The summed E-state index contributed by atoms with van der Waals surface area (Å²) in [5, 5.41) is 4.13. The summed E-state index contributed by atoms with van der Waals surface area (Å²) in [5.74, 6) is -0.172. The van der Waals surface area contributed by atoms with E-state index in [0.29, 0.717) is 27.7 Å². The fourth-order valence-electron chi connectivity index (χ4n) is 2.86. The highest BCUT2D eigenvalue weighted by molar-refractivity contribution is 8.00. The topological polar surface area (TPSA) is 76.9 Å². The van der Waals surface area contributed by atoms with Crippen LogP contribution in [0.1, 0.15) is 13.8 Å². The van der Waals surface area contributed by atoms with E-state index in [2.05, 4.69) is 15.3 Å². The van der Waals surface area contributed by atoms with Gasteiger partial charge in [0.05, 0.1) is 26.4 Å². The normalized spacial score (nSPS) is 12.4. The molecule has 0 aliphatic carbocycles. The summed E-state index contributed by atoms with van der Waals surface area (Å²) in [7, 11) is 0. The van der Waals surface area contributed by atoms with Gasteiger partial charge >= 0.3 is 0 Å². The first-order valence-electron chi connectivity index (χ1n) is 8.89. The Labute approximate surface area is 169 Å².